The van der Waals surface area contributed by atoms with Gasteiger partial charge in [-0.3, -0.25) is 4.79 Å². The Morgan fingerprint density at radius 2 is 1.88 bits per heavy atom. The number of hydrogen-bond acceptors (Lipinski definition) is 3. The van der Waals surface area contributed by atoms with Crippen molar-refractivity contribution in [2.45, 2.75) is 13.3 Å². The number of allylic oxidation sites excluding steroid dienone is 1. The standard InChI is InChI=1S/C19H18F2O3/c1-3-10-24-18-9-5-13(11-19(18)23-2)4-8-17(22)14-6-7-15(20)16(21)12-14/h4-9,11-12H,3,10H2,1-2H3/b8-4+. The van der Waals surface area contributed by atoms with Gasteiger partial charge in [0.1, 0.15) is 0 Å². The summed E-state index contributed by atoms with van der Waals surface area (Å²) >= 11 is 0. The maximum Gasteiger partial charge on any atom is 0.185 e. The number of hydrogen-bond donors (Lipinski definition) is 0. The third-order valence-corrected chi connectivity index (χ3v) is 3.28. The van der Waals surface area contributed by atoms with Crippen molar-refractivity contribution < 1.29 is 23.0 Å². The fraction of sp³-hybridized carbons (Fsp3) is 0.211. The third kappa shape index (κ3) is 4.41. The van der Waals surface area contributed by atoms with Gasteiger partial charge in [-0.05, 0) is 48.4 Å². The molecular weight excluding hydrogens is 314 g/mol. The zero-order valence-corrected chi connectivity index (χ0v) is 13.5. The van der Waals surface area contributed by atoms with E-state index in [9.17, 15) is 13.6 Å². The van der Waals surface area contributed by atoms with Crippen molar-refractivity contribution in [1.29, 1.82) is 0 Å². The molecule has 0 radical (unpaired) electrons. The van der Waals surface area contributed by atoms with Crippen LogP contribution < -0.4 is 9.47 Å². The Bertz CT molecular complexity index is 754. The van der Waals surface area contributed by atoms with Gasteiger partial charge in [-0.2, -0.15) is 0 Å². The van der Waals surface area contributed by atoms with Crippen molar-refractivity contribution in [3.63, 3.8) is 0 Å². The zero-order chi connectivity index (χ0) is 17.5. The molecule has 126 valence electrons. The first-order chi connectivity index (χ1) is 11.5. The molecule has 0 atom stereocenters. The van der Waals surface area contributed by atoms with Crippen LogP contribution in [0.1, 0.15) is 29.3 Å². The highest BCUT2D eigenvalue weighted by Crippen LogP contribution is 2.28. The molecule has 0 amide bonds. The molecule has 0 aromatic heterocycles. The Balaban J connectivity index is 2.15. The second kappa shape index (κ2) is 8.24. The van der Waals surface area contributed by atoms with E-state index in [2.05, 4.69) is 0 Å². The van der Waals surface area contributed by atoms with Gasteiger partial charge in [0.25, 0.3) is 0 Å². The summed E-state index contributed by atoms with van der Waals surface area (Å²) in [5.41, 5.74) is 0.812. The van der Waals surface area contributed by atoms with Gasteiger partial charge in [0, 0.05) is 5.56 Å². The summed E-state index contributed by atoms with van der Waals surface area (Å²) in [5.74, 6) is -1.26. The van der Waals surface area contributed by atoms with Crippen LogP contribution in [0, 0.1) is 11.6 Å². The summed E-state index contributed by atoms with van der Waals surface area (Å²) in [6, 6.07) is 8.33. The van der Waals surface area contributed by atoms with E-state index in [0.29, 0.717) is 18.1 Å². The Hall–Kier alpha value is -2.69. The van der Waals surface area contributed by atoms with E-state index in [0.717, 1.165) is 24.1 Å². The fourth-order valence-corrected chi connectivity index (χ4v) is 2.04. The van der Waals surface area contributed by atoms with Gasteiger partial charge in [0.2, 0.25) is 0 Å². The number of halogens is 2. The molecule has 0 unspecified atom stereocenters. The first-order valence-electron chi connectivity index (χ1n) is 7.53. The van der Waals surface area contributed by atoms with Crippen molar-refractivity contribution in [3.8, 4) is 11.5 Å². The second-order valence-corrected chi connectivity index (χ2v) is 5.09. The SMILES string of the molecule is CCCOc1ccc(/C=C/C(=O)c2ccc(F)c(F)c2)cc1OC. The quantitative estimate of drug-likeness (QED) is 0.546. The third-order valence-electron chi connectivity index (χ3n) is 3.28. The Morgan fingerprint density at radius 1 is 1.08 bits per heavy atom. The molecule has 5 heteroatoms. The Morgan fingerprint density at radius 3 is 2.54 bits per heavy atom. The van der Waals surface area contributed by atoms with Crippen molar-refractivity contribution in [1.82, 2.24) is 0 Å². The highest BCUT2D eigenvalue weighted by atomic mass is 19.2. The zero-order valence-electron chi connectivity index (χ0n) is 13.5. The molecule has 2 rings (SSSR count). The number of carbonyl (C=O) groups is 1. The summed E-state index contributed by atoms with van der Waals surface area (Å²) in [6.45, 7) is 2.59. The molecule has 0 bridgehead atoms. The minimum atomic E-state index is -1.05. The number of ether oxygens (including phenoxy) is 2. The van der Waals surface area contributed by atoms with Gasteiger partial charge >= 0.3 is 0 Å². The van der Waals surface area contributed by atoms with Crippen molar-refractivity contribution in [3.05, 3.63) is 65.2 Å². The summed E-state index contributed by atoms with van der Waals surface area (Å²) in [7, 11) is 1.54. The van der Waals surface area contributed by atoms with Crippen LogP contribution >= 0.6 is 0 Å². The smallest absolute Gasteiger partial charge is 0.185 e. The van der Waals surface area contributed by atoms with E-state index in [1.54, 1.807) is 24.3 Å². The van der Waals surface area contributed by atoms with Crippen molar-refractivity contribution in [2.24, 2.45) is 0 Å². The first kappa shape index (κ1) is 17.7. The van der Waals surface area contributed by atoms with Crippen LogP contribution in [0.25, 0.3) is 6.08 Å². The Kier molecular flexibility index (Phi) is 6.07. The summed E-state index contributed by atoms with van der Waals surface area (Å²) in [4.78, 5) is 12.0. The largest absolute Gasteiger partial charge is 0.493 e. The van der Waals surface area contributed by atoms with Crippen LogP contribution in [0.2, 0.25) is 0 Å². The highest BCUT2D eigenvalue weighted by molar-refractivity contribution is 6.06. The minimum absolute atomic E-state index is 0.0833. The molecule has 2 aromatic carbocycles. The summed E-state index contributed by atoms with van der Waals surface area (Å²) < 4.78 is 36.9. The number of rotatable bonds is 7. The van der Waals surface area contributed by atoms with Crippen LogP contribution in [-0.4, -0.2) is 19.5 Å². The van der Waals surface area contributed by atoms with Crippen molar-refractivity contribution in [2.75, 3.05) is 13.7 Å². The maximum atomic E-state index is 13.2. The van der Waals surface area contributed by atoms with Crippen LogP contribution in [0.3, 0.4) is 0 Å². The number of methoxy groups -OCH3 is 1. The second-order valence-electron chi connectivity index (χ2n) is 5.09. The van der Waals surface area contributed by atoms with Gasteiger partial charge in [0.05, 0.1) is 13.7 Å². The molecule has 0 saturated carbocycles. The van der Waals surface area contributed by atoms with E-state index >= 15 is 0 Å². The predicted octanol–water partition coefficient (Wildman–Crippen LogP) is 4.66. The number of benzene rings is 2. The lowest BCUT2D eigenvalue weighted by molar-refractivity contribution is 0.104. The summed E-state index contributed by atoms with van der Waals surface area (Å²) in [5, 5.41) is 0. The minimum Gasteiger partial charge on any atom is -0.493 e. The van der Waals surface area contributed by atoms with Crippen LogP contribution in [-0.2, 0) is 0 Å². The molecule has 0 heterocycles. The lowest BCUT2D eigenvalue weighted by atomic mass is 10.1. The molecule has 0 aliphatic rings. The molecule has 0 fully saturated rings. The molecular formula is C19H18F2O3. The van der Waals surface area contributed by atoms with E-state index in [-0.39, 0.29) is 5.56 Å². The average Bonchev–Trinajstić information content (AvgIpc) is 2.60. The molecule has 0 aliphatic heterocycles. The van der Waals surface area contributed by atoms with E-state index in [1.807, 2.05) is 6.92 Å². The molecule has 0 spiro atoms. The van der Waals surface area contributed by atoms with Gasteiger partial charge in [-0.15, -0.1) is 0 Å². The monoisotopic (exact) mass is 332 g/mol. The predicted molar refractivity (Wildman–Crippen MR) is 88.5 cm³/mol. The molecule has 3 nitrogen and oxygen atoms in total. The van der Waals surface area contributed by atoms with E-state index in [1.165, 1.54) is 19.3 Å². The van der Waals surface area contributed by atoms with Gasteiger partial charge in [-0.1, -0.05) is 19.1 Å². The molecule has 0 aliphatic carbocycles. The van der Waals surface area contributed by atoms with Crippen LogP contribution in [0.15, 0.2) is 42.5 Å². The molecule has 2 aromatic rings. The molecule has 24 heavy (non-hydrogen) atoms. The lowest BCUT2D eigenvalue weighted by Crippen LogP contribution is -1.98. The van der Waals surface area contributed by atoms with E-state index < -0.39 is 17.4 Å². The van der Waals surface area contributed by atoms with Gasteiger partial charge < -0.3 is 9.47 Å². The van der Waals surface area contributed by atoms with Crippen LogP contribution in [0.4, 0.5) is 8.78 Å². The normalized spacial score (nSPS) is 10.8. The Labute approximate surface area is 139 Å². The van der Waals surface area contributed by atoms with E-state index in [4.69, 9.17) is 9.47 Å². The highest BCUT2D eigenvalue weighted by Gasteiger charge is 2.08. The van der Waals surface area contributed by atoms with Crippen LogP contribution in [0.5, 0.6) is 11.5 Å². The number of ketones is 1. The topological polar surface area (TPSA) is 35.5 Å². The summed E-state index contributed by atoms with van der Waals surface area (Å²) in [6.07, 6.45) is 3.76. The van der Waals surface area contributed by atoms with Crippen molar-refractivity contribution >= 4 is 11.9 Å². The molecule has 0 saturated heterocycles. The van der Waals surface area contributed by atoms with Gasteiger partial charge in [-0.25, -0.2) is 8.78 Å². The lowest BCUT2D eigenvalue weighted by Gasteiger charge is -2.10. The first-order valence-corrected chi connectivity index (χ1v) is 7.53. The van der Waals surface area contributed by atoms with Gasteiger partial charge in [0.15, 0.2) is 28.9 Å². The fourth-order valence-electron chi connectivity index (χ4n) is 2.04. The number of carbonyl (C=O) groups excluding carboxylic acids is 1. The average molecular weight is 332 g/mol. The maximum absolute atomic E-state index is 13.2. The molecule has 0 N–H and O–H groups in total.